The lowest BCUT2D eigenvalue weighted by Crippen LogP contribution is -2.30. The molecule has 5 aromatic rings. The van der Waals surface area contributed by atoms with Gasteiger partial charge in [-0.15, -0.1) is 10.2 Å². The van der Waals surface area contributed by atoms with Gasteiger partial charge in [-0.1, -0.05) is 103 Å². The fraction of sp³-hybridized carbons (Fsp3) is 0.0345. The molecule has 35 heavy (non-hydrogen) atoms. The average molecular weight is 455 g/mol. The number of nitriles is 1. The van der Waals surface area contributed by atoms with E-state index in [-0.39, 0.29) is 11.4 Å². The molecule has 6 nitrogen and oxygen atoms in total. The summed E-state index contributed by atoms with van der Waals surface area (Å²) in [5, 5.41) is 26.2. The summed E-state index contributed by atoms with van der Waals surface area (Å²) >= 11 is 0. The van der Waals surface area contributed by atoms with E-state index >= 15 is 0 Å². The van der Waals surface area contributed by atoms with Crippen LogP contribution in [0.2, 0.25) is 0 Å². The molecule has 0 unspecified atom stereocenters. The van der Waals surface area contributed by atoms with E-state index in [0.717, 1.165) is 11.3 Å². The Labute approximate surface area is 203 Å². The molecule has 0 amide bonds. The van der Waals surface area contributed by atoms with Gasteiger partial charge >= 0.3 is 0 Å². The van der Waals surface area contributed by atoms with E-state index in [4.69, 9.17) is 0 Å². The third-order valence-corrected chi connectivity index (χ3v) is 6.03. The molecule has 1 heterocycles. The Morgan fingerprint density at radius 3 is 1.63 bits per heavy atom. The van der Waals surface area contributed by atoms with Crippen molar-refractivity contribution in [3.8, 4) is 6.07 Å². The van der Waals surface area contributed by atoms with Crippen LogP contribution < -0.4 is 5.32 Å². The van der Waals surface area contributed by atoms with Crippen LogP contribution in [0.1, 0.15) is 28.1 Å². The summed E-state index contributed by atoms with van der Waals surface area (Å²) < 4.78 is 0. The second kappa shape index (κ2) is 9.86. The number of benzene rings is 4. The summed E-state index contributed by atoms with van der Waals surface area (Å²) in [5.41, 5.74) is 5.31. The number of tetrazole rings is 1. The first-order chi connectivity index (χ1) is 17.3. The number of nitrogens with one attached hydrogen (secondary N) is 2. The maximum absolute atomic E-state index is 9.42. The molecule has 0 spiro atoms. The molecule has 0 saturated heterocycles. The van der Waals surface area contributed by atoms with Gasteiger partial charge in [0.25, 0.3) is 0 Å². The van der Waals surface area contributed by atoms with Crippen molar-refractivity contribution in [3.63, 3.8) is 0 Å². The minimum Gasteiger partial charge on any atom is -0.360 e. The van der Waals surface area contributed by atoms with E-state index in [1.54, 1.807) is 6.20 Å². The first kappa shape index (κ1) is 21.8. The summed E-state index contributed by atoms with van der Waals surface area (Å²) in [6.07, 6.45) is 1.58. The van der Waals surface area contributed by atoms with Crippen LogP contribution in [0.4, 0.5) is 5.69 Å². The number of anilines is 1. The molecule has 1 aromatic heterocycles. The topological polar surface area (TPSA) is 90.3 Å². The lowest BCUT2D eigenvalue weighted by atomic mass is 9.65. The van der Waals surface area contributed by atoms with Crippen molar-refractivity contribution in [1.29, 1.82) is 5.26 Å². The molecular formula is C29H22N6. The highest BCUT2D eigenvalue weighted by molar-refractivity contribution is 5.74. The Kier molecular flexibility index (Phi) is 6.14. The molecule has 0 radical (unpaired) electrons. The second-order valence-corrected chi connectivity index (χ2v) is 7.97. The normalized spacial score (nSPS) is 11.6. The van der Waals surface area contributed by atoms with Crippen LogP contribution in [-0.4, -0.2) is 20.6 Å². The number of allylic oxidation sites excluding steroid dienone is 1. The van der Waals surface area contributed by atoms with Gasteiger partial charge in [0.15, 0.2) is 0 Å². The van der Waals surface area contributed by atoms with Gasteiger partial charge in [0, 0.05) is 11.9 Å². The third-order valence-electron chi connectivity index (χ3n) is 6.03. The molecular weight excluding hydrogens is 432 g/mol. The zero-order chi connectivity index (χ0) is 23.9. The first-order valence-corrected chi connectivity index (χ1v) is 11.2. The van der Waals surface area contributed by atoms with Crippen molar-refractivity contribution in [1.82, 2.24) is 20.6 Å². The zero-order valence-corrected chi connectivity index (χ0v) is 18.8. The van der Waals surface area contributed by atoms with Crippen molar-refractivity contribution in [3.05, 3.63) is 150 Å². The van der Waals surface area contributed by atoms with E-state index in [2.05, 4.69) is 117 Å². The predicted molar refractivity (Wildman–Crippen MR) is 136 cm³/mol. The van der Waals surface area contributed by atoms with Crippen molar-refractivity contribution in [2.75, 3.05) is 5.32 Å². The van der Waals surface area contributed by atoms with E-state index in [1.165, 1.54) is 16.7 Å². The Morgan fingerprint density at radius 1 is 0.714 bits per heavy atom. The second-order valence-electron chi connectivity index (χ2n) is 7.97. The molecule has 0 aliphatic carbocycles. The van der Waals surface area contributed by atoms with Gasteiger partial charge in [0.2, 0.25) is 5.82 Å². The van der Waals surface area contributed by atoms with E-state index in [1.807, 2.05) is 30.3 Å². The minimum absolute atomic E-state index is 0.243. The third kappa shape index (κ3) is 4.19. The quantitative estimate of drug-likeness (QED) is 0.248. The molecule has 5 rings (SSSR count). The SMILES string of the molecule is N#CC(=CNc1ccc(C(c2ccccc2)(c2ccccc2)c2ccccc2)cc1)c1nn[nH]n1. The fourth-order valence-electron chi connectivity index (χ4n) is 4.46. The van der Waals surface area contributed by atoms with Crippen LogP contribution in [0.15, 0.2) is 121 Å². The highest BCUT2D eigenvalue weighted by Gasteiger charge is 2.38. The van der Waals surface area contributed by atoms with Crippen molar-refractivity contribution in [2.45, 2.75) is 5.41 Å². The fourth-order valence-corrected chi connectivity index (χ4v) is 4.46. The van der Waals surface area contributed by atoms with Crippen LogP contribution in [0.3, 0.4) is 0 Å². The molecule has 0 bridgehead atoms. The lowest BCUT2D eigenvalue weighted by Gasteiger charge is -2.37. The number of nitrogens with zero attached hydrogens (tertiary/aromatic N) is 4. The summed E-state index contributed by atoms with van der Waals surface area (Å²) in [6.45, 7) is 0. The molecule has 2 N–H and O–H groups in total. The molecule has 0 aliphatic rings. The van der Waals surface area contributed by atoms with E-state index < -0.39 is 5.41 Å². The largest absolute Gasteiger partial charge is 0.360 e. The Bertz CT molecular complexity index is 1340. The molecule has 0 aliphatic heterocycles. The average Bonchev–Trinajstić information content (AvgIpc) is 3.47. The van der Waals surface area contributed by atoms with Gasteiger partial charge in [0.05, 0.1) is 5.41 Å². The van der Waals surface area contributed by atoms with Gasteiger partial charge in [-0.3, -0.25) is 0 Å². The number of aromatic nitrogens is 4. The predicted octanol–water partition coefficient (Wildman–Crippen LogP) is 5.56. The van der Waals surface area contributed by atoms with E-state index in [0.29, 0.717) is 0 Å². The summed E-state index contributed by atoms with van der Waals surface area (Å²) in [7, 11) is 0. The molecule has 0 saturated carbocycles. The highest BCUT2D eigenvalue weighted by Crippen LogP contribution is 2.45. The van der Waals surface area contributed by atoms with Gasteiger partial charge in [-0.2, -0.15) is 10.5 Å². The van der Waals surface area contributed by atoms with Crippen LogP contribution >= 0.6 is 0 Å². The number of hydrogen-bond acceptors (Lipinski definition) is 5. The molecule has 4 aromatic carbocycles. The standard InChI is InChI=1S/C29H22N6/c30-20-22(28-32-34-35-33-28)21-31-27-18-16-26(17-19-27)29(23-10-4-1-5-11-23,24-12-6-2-7-13-24)25-14-8-3-9-15-25/h1-19,21,31H,(H,32,33,34,35). The van der Waals surface area contributed by atoms with Crippen LogP contribution in [-0.2, 0) is 5.41 Å². The monoisotopic (exact) mass is 454 g/mol. The minimum atomic E-state index is -0.499. The van der Waals surface area contributed by atoms with Crippen molar-refractivity contribution < 1.29 is 0 Å². The molecule has 0 atom stereocenters. The van der Waals surface area contributed by atoms with Gasteiger partial charge in [-0.05, 0) is 39.6 Å². The van der Waals surface area contributed by atoms with Gasteiger partial charge in [-0.25, -0.2) is 0 Å². The zero-order valence-electron chi connectivity index (χ0n) is 18.8. The summed E-state index contributed by atoms with van der Waals surface area (Å²) in [6, 6.07) is 42.1. The maximum atomic E-state index is 9.42. The Morgan fingerprint density at radius 2 is 1.20 bits per heavy atom. The lowest BCUT2D eigenvalue weighted by molar-refractivity contribution is 0.745. The van der Waals surface area contributed by atoms with Crippen molar-refractivity contribution >= 4 is 11.3 Å². The number of aromatic amines is 1. The van der Waals surface area contributed by atoms with Crippen LogP contribution in [0, 0.1) is 11.3 Å². The van der Waals surface area contributed by atoms with Crippen molar-refractivity contribution in [2.24, 2.45) is 0 Å². The van der Waals surface area contributed by atoms with Gasteiger partial charge in [0.1, 0.15) is 11.6 Å². The number of H-pyrrole nitrogens is 1. The Balaban J connectivity index is 1.62. The van der Waals surface area contributed by atoms with Crippen LogP contribution in [0.5, 0.6) is 0 Å². The molecule has 168 valence electrons. The molecule has 6 heteroatoms. The maximum Gasteiger partial charge on any atom is 0.216 e. The summed E-state index contributed by atoms with van der Waals surface area (Å²) in [4.78, 5) is 0. The molecule has 0 fully saturated rings. The van der Waals surface area contributed by atoms with Gasteiger partial charge < -0.3 is 5.32 Å². The highest BCUT2D eigenvalue weighted by atomic mass is 15.5. The number of rotatable bonds is 7. The first-order valence-electron chi connectivity index (χ1n) is 11.2. The van der Waals surface area contributed by atoms with Crippen LogP contribution in [0.25, 0.3) is 5.57 Å². The smallest absolute Gasteiger partial charge is 0.216 e. The Hall–Kier alpha value is -5.02. The van der Waals surface area contributed by atoms with E-state index in [9.17, 15) is 5.26 Å². The number of hydrogen-bond donors (Lipinski definition) is 2. The summed E-state index contributed by atoms with van der Waals surface area (Å²) in [5.74, 6) is 0.243.